The molecule has 0 heterocycles. The summed E-state index contributed by atoms with van der Waals surface area (Å²) in [6, 6.07) is 0. The summed E-state index contributed by atoms with van der Waals surface area (Å²) < 4.78 is 114. The van der Waals surface area contributed by atoms with E-state index in [1.807, 2.05) is 0 Å². The first-order valence-corrected chi connectivity index (χ1v) is 2.89. The van der Waals surface area contributed by atoms with Gasteiger partial charge in [-0.2, -0.15) is 43.9 Å². The molecule has 0 aromatic carbocycles. The molecule has 0 N–H and O–H groups in total. The molecule has 0 amide bonds. The average molecular weight is 250 g/mol. The largest absolute Gasteiger partial charge is 0.454 e. The lowest BCUT2D eigenvalue weighted by molar-refractivity contribution is -0.311. The minimum absolute atomic E-state index is 1.10. The van der Waals surface area contributed by atoms with Crippen LogP contribution in [-0.4, -0.2) is 24.2 Å². The van der Waals surface area contributed by atoms with Gasteiger partial charge < -0.3 is 0 Å². The van der Waals surface area contributed by atoms with Crippen LogP contribution in [0.25, 0.3) is 0 Å². The fourth-order valence-corrected chi connectivity index (χ4v) is 0.339. The van der Waals surface area contributed by atoms with Crippen molar-refractivity contribution in [1.82, 2.24) is 0 Å². The van der Waals surface area contributed by atoms with Crippen LogP contribution in [0.5, 0.6) is 0 Å². The maximum atomic E-state index is 11.7. The number of alkyl halides is 10. The molecule has 15 heavy (non-hydrogen) atoms. The Bertz CT molecular complexity index is 195. The Morgan fingerprint density at radius 2 is 0.667 bits per heavy atom. The first-order valence-electron chi connectivity index (χ1n) is 2.89. The van der Waals surface area contributed by atoms with E-state index in [0.29, 0.717) is 0 Å². The summed E-state index contributed by atoms with van der Waals surface area (Å²) in [6.45, 7) is 0. The van der Waals surface area contributed by atoms with E-state index in [2.05, 4.69) is 0 Å². The van der Waals surface area contributed by atoms with Crippen LogP contribution in [0.15, 0.2) is 0 Å². The quantitative estimate of drug-likeness (QED) is 0.658. The Morgan fingerprint density at radius 1 is 0.467 bits per heavy atom. The Morgan fingerprint density at radius 3 is 0.800 bits per heavy atom. The summed E-state index contributed by atoms with van der Waals surface area (Å²) in [5.41, 5.74) is 0. The molecule has 10 heteroatoms. The average Bonchev–Trinajstić information content (AvgIpc) is 1.77. The van der Waals surface area contributed by atoms with Crippen LogP contribution in [0.1, 0.15) is 0 Å². The molecule has 0 bridgehead atoms. The van der Waals surface area contributed by atoms with Crippen molar-refractivity contribution >= 4 is 0 Å². The van der Waals surface area contributed by atoms with Gasteiger partial charge in [0.2, 0.25) is 0 Å². The molecule has 90 valence electrons. The van der Waals surface area contributed by atoms with E-state index in [1.54, 1.807) is 0 Å². The lowest BCUT2D eigenvalue weighted by Gasteiger charge is -2.25. The number of rotatable bonds is 2. The van der Waals surface area contributed by atoms with E-state index < -0.39 is 30.6 Å². The van der Waals surface area contributed by atoms with Gasteiger partial charge in [0.05, 0.1) is 0 Å². The molecule has 2 radical (unpaired) electrons. The number of hydrogen-bond donors (Lipinski definition) is 0. The molecule has 0 aliphatic heterocycles. The molecule has 0 aromatic heterocycles. The van der Waals surface area contributed by atoms with Crippen LogP contribution in [0.3, 0.4) is 0 Å². The van der Waals surface area contributed by atoms with Gasteiger partial charge >= 0.3 is 24.2 Å². The summed E-state index contributed by atoms with van der Waals surface area (Å²) in [5.74, 6) is -12.7. The van der Waals surface area contributed by atoms with Gasteiger partial charge in [0, 0.05) is 0 Å². The van der Waals surface area contributed by atoms with Gasteiger partial charge in [-0.3, -0.25) is 0 Å². The fourth-order valence-electron chi connectivity index (χ4n) is 0.339. The molecule has 0 atom stereocenters. The minimum Gasteiger partial charge on any atom is -0.195 e. The molecule has 0 nitrogen and oxygen atoms in total. The van der Waals surface area contributed by atoms with Crippen molar-refractivity contribution in [1.29, 1.82) is 0 Å². The van der Waals surface area contributed by atoms with Crippen LogP contribution in [0.4, 0.5) is 43.9 Å². The normalized spacial score (nSPS) is 15.6. The van der Waals surface area contributed by atoms with E-state index in [0.717, 1.165) is 0 Å². The zero-order valence-corrected chi connectivity index (χ0v) is 6.28. The second-order valence-electron chi connectivity index (χ2n) is 2.27. The molecule has 0 saturated heterocycles. The third-order valence-corrected chi connectivity index (χ3v) is 1.03. The molecule has 0 rings (SSSR count). The summed E-state index contributed by atoms with van der Waals surface area (Å²) in [7, 11) is 0. The first-order chi connectivity index (χ1) is 6.21. The monoisotopic (exact) mass is 250 g/mol. The Labute approximate surface area is 75.9 Å². The molecule has 0 aliphatic rings. The molecule has 0 unspecified atom stereocenters. The zero-order chi connectivity index (χ0) is 12.7. The minimum atomic E-state index is -6.55. The molecule has 0 spiro atoms. The Balaban J connectivity index is 4.89. The van der Waals surface area contributed by atoms with Crippen molar-refractivity contribution < 1.29 is 43.9 Å². The summed E-state index contributed by atoms with van der Waals surface area (Å²) in [6.07, 6.45) is -14.2. The van der Waals surface area contributed by atoms with Crippen molar-refractivity contribution in [3.05, 3.63) is 6.42 Å². The van der Waals surface area contributed by atoms with Crippen molar-refractivity contribution in [2.75, 3.05) is 0 Å². The lowest BCUT2D eigenvalue weighted by atomic mass is 10.1. The SMILES string of the molecule is FC(F)(F)C(F)(F)[C]C(F)(F)C(F)(F)F. The summed E-state index contributed by atoms with van der Waals surface area (Å²) in [5, 5.41) is 0. The van der Waals surface area contributed by atoms with Crippen LogP contribution >= 0.6 is 0 Å². The molecule has 0 aromatic rings. The van der Waals surface area contributed by atoms with Gasteiger partial charge in [-0.15, -0.1) is 0 Å². The smallest absolute Gasteiger partial charge is 0.195 e. The second kappa shape index (κ2) is 3.41. The van der Waals surface area contributed by atoms with Crippen molar-refractivity contribution in [3.8, 4) is 0 Å². The zero-order valence-electron chi connectivity index (χ0n) is 6.28. The van der Waals surface area contributed by atoms with E-state index in [9.17, 15) is 43.9 Å². The molecular formula is C5F10. The standard InChI is InChI=1S/C5F10/c6-2(7,4(10,11)12)1-3(8,9)5(13,14)15. The highest BCUT2D eigenvalue weighted by atomic mass is 19.4. The Hall–Kier alpha value is -0.700. The van der Waals surface area contributed by atoms with Crippen LogP contribution in [0, 0.1) is 6.42 Å². The maximum Gasteiger partial charge on any atom is 0.454 e. The third kappa shape index (κ3) is 3.13. The van der Waals surface area contributed by atoms with E-state index >= 15 is 0 Å². The fraction of sp³-hybridized carbons (Fsp3) is 0.800. The summed E-state index contributed by atoms with van der Waals surface area (Å²) >= 11 is 0. The van der Waals surface area contributed by atoms with Gasteiger partial charge in [-0.05, 0) is 0 Å². The van der Waals surface area contributed by atoms with Crippen molar-refractivity contribution in [2.45, 2.75) is 24.2 Å². The van der Waals surface area contributed by atoms with Crippen molar-refractivity contribution in [3.63, 3.8) is 0 Å². The second-order valence-corrected chi connectivity index (χ2v) is 2.27. The van der Waals surface area contributed by atoms with E-state index in [1.165, 1.54) is 0 Å². The van der Waals surface area contributed by atoms with Crippen molar-refractivity contribution in [2.24, 2.45) is 0 Å². The predicted octanol–water partition coefficient (Wildman–Crippen LogP) is 3.46. The Kier molecular flexibility index (Phi) is 3.25. The number of hydrogen-bond acceptors (Lipinski definition) is 0. The van der Waals surface area contributed by atoms with Gasteiger partial charge in [-0.25, -0.2) is 0 Å². The molecule has 0 aliphatic carbocycles. The van der Waals surface area contributed by atoms with Gasteiger partial charge in [0.15, 0.2) is 6.42 Å². The highest BCUT2D eigenvalue weighted by molar-refractivity contribution is 5.03. The lowest BCUT2D eigenvalue weighted by Crippen LogP contribution is -2.48. The van der Waals surface area contributed by atoms with E-state index in [-0.39, 0.29) is 0 Å². The first kappa shape index (κ1) is 14.3. The van der Waals surface area contributed by atoms with Gasteiger partial charge in [-0.1, -0.05) is 0 Å². The summed E-state index contributed by atoms with van der Waals surface area (Å²) in [4.78, 5) is 0. The molecular weight excluding hydrogens is 250 g/mol. The highest BCUT2D eigenvalue weighted by Crippen LogP contribution is 2.47. The van der Waals surface area contributed by atoms with Crippen LogP contribution in [-0.2, 0) is 0 Å². The topological polar surface area (TPSA) is 0 Å². The van der Waals surface area contributed by atoms with Gasteiger partial charge in [0.25, 0.3) is 0 Å². The molecule has 0 saturated carbocycles. The van der Waals surface area contributed by atoms with Crippen LogP contribution < -0.4 is 0 Å². The predicted molar refractivity (Wildman–Crippen MR) is 25.2 cm³/mol. The van der Waals surface area contributed by atoms with Gasteiger partial charge in [0.1, 0.15) is 0 Å². The number of halogens is 10. The third-order valence-electron chi connectivity index (χ3n) is 1.03. The maximum absolute atomic E-state index is 11.7. The van der Waals surface area contributed by atoms with E-state index in [4.69, 9.17) is 0 Å². The molecule has 0 fully saturated rings. The van der Waals surface area contributed by atoms with Crippen LogP contribution in [0.2, 0.25) is 0 Å². The highest BCUT2D eigenvalue weighted by Gasteiger charge is 2.69.